The van der Waals surface area contributed by atoms with Crippen LogP contribution in [0.3, 0.4) is 0 Å². The zero-order valence-corrected chi connectivity index (χ0v) is 14.0. The SMILES string of the molecule is CCn1ccnc1SCc1nnc(-c2ccc(Cl)cc2Cl)o1. The quantitative estimate of drug-likeness (QED) is 0.629. The minimum Gasteiger partial charge on any atom is -0.420 e. The van der Waals surface area contributed by atoms with Crippen molar-refractivity contribution in [2.45, 2.75) is 24.4 Å². The van der Waals surface area contributed by atoms with Crippen molar-refractivity contribution in [2.24, 2.45) is 0 Å². The molecule has 0 amide bonds. The molecule has 0 unspecified atom stereocenters. The average molecular weight is 355 g/mol. The predicted octanol–water partition coefficient (Wildman–Crippen LogP) is 4.55. The van der Waals surface area contributed by atoms with Crippen molar-refractivity contribution >= 4 is 35.0 Å². The molecule has 22 heavy (non-hydrogen) atoms. The molecule has 2 aromatic heterocycles. The van der Waals surface area contributed by atoms with E-state index in [1.807, 2.05) is 6.20 Å². The van der Waals surface area contributed by atoms with Crippen LogP contribution in [0.5, 0.6) is 0 Å². The number of hydrogen-bond donors (Lipinski definition) is 0. The number of benzene rings is 1. The Labute approximate surface area is 141 Å². The Morgan fingerprint density at radius 1 is 1.27 bits per heavy atom. The third kappa shape index (κ3) is 3.29. The van der Waals surface area contributed by atoms with E-state index in [9.17, 15) is 0 Å². The Morgan fingerprint density at radius 3 is 2.91 bits per heavy atom. The van der Waals surface area contributed by atoms with Crippen LogP contribution in [0.15, 0.2) is 40.2 Å². The molecule has 0 N–H and O–H groups in total. The molecule has 1 aromatic carbocycles. The average Bonchev–Trinajstić information content (AvgIpc) is 3.13. The van der Waals surface area contributed by atoms with E-state index in [-0.39, 0.29) is 0 Å². The first kappa shape index (κ1) is 15.4. The monoisotopic (exact) mass is 354 g/mol. The molecule has 8 heteroatoms. The number of aromatic nitrogens is 4. The highest BCUT2D eigenvalue weighted by molar-refractivity contribution is 7.98. The summed E-state index contributed by atoms with van der Waals surface area (Å²) < 4.78 is 7.71. The molecule has 0 fully saturated rings. The smallest absolute Gasteiger partial charge is 0.249 e. The van der Waals surface area contributed by atoms with Crippen LogP contribution in [0.25, 0.3) is 11.5 Å². The van der Waals surface area contributed by atoms with Crippen LogP contribution in [0, 0.1) is 0 Å². The first-order valence-electron chi connectivity index (χ1n) is 6.59. The Bertz CT molecular complexity index is 787. The number of aryl methyl sites for hydroxylation is 1. The maximum Gasteiger partial charge on any atom is 0.249 e. The van der Waals surface area contributed by atoms with Gasteiger partial charge in [0.1, 0.15) is 0 Å². The second kappa shape index (κ2) is 6.73. The van der Waals surface area contributed by atoms with E-state index in [4.69, 9.17) is 27.6 Å². The van der Waals surface area contributed by atoms with Crippen molar-refractivity contribution in [1.82, 2.24) is 19.7 Å². The van der Waals surface area contributed by atoms with Crippen molar-refractivity contribution in [3.8, 4) is 11.5 Å². The third-order valence-electron chi connectivity index (χ3n) is 2.97. The summed E-state index contributed by atoms with van der Waals surface area (Å²) >= 11 is 13.6. The van der Waals surface area contributed by atoms with Gasteiger partial charge in [0.05, 0.1) is 16.3 Å². The molecule has 3 rings (SSSR count). The maximum absolute atomic E-state index is 6.14. The molecule has 3 aromatic rings. The van der Waals surface area contributed by atoms with Gasteiger partial charge in [-0.25, -0.2) is 4.98 Å². The van der Waals surface area contributed by atoms with Gasteiger partial charge >= 0.3 is 0 Å². The van der Waals surface area contributed by atoms with E-state index < -0.39 is 0 Å². The van der Waals surface area contributed by atoms with Gasteiger partial charge in [0.15, 0.2) is 5.16 Å². The van der Waals surface area contributed by atoms with E-state index >= 15 is 0 Å². The highest BCUT2D eigenvalue weighted by Crippen LogP contribution is 2.30. The highest BCUT2D eigenvalue weighted by atomic mass is 35.5. The first-order valence-corrected chi connectivity index (χ1v) is 8.33. The fourth-order valence-electron chi connectivity index (χ4n) is 1.89. The lowest BCUT2D eigenvalue weighted by Crippen LogP contribution is -1.94. The van der Waals surface area contributed by atoms with Crippen molar-refractivity contribution in [1.29, 1.82) is 0 Å². The fourth-order valence-corrected chi connectivity index (χ4v) is 3.24. The lowest BCUT2D eigenvalue weighted by atomic mass is 10.2. The molecule has 0 aliphatic carbocycles. The van der Waals surface area contributed by atoms with Gasteiger partial charge in [0.2, 0.25) is 11.8 Å². The van der Waals surface area contributed by atoms with Gasteiger partial charge in [-0.2, -0.15) is 0 Å². The molecule has 0 aliphatic rings. The summed E-state index contributed by atoms with van der Waals surface area (Å²) in [5.74, 6) is 1.46. The Balaban J connectivity index is 1.74. The normalized spacial score (nSPS) is 11.0. The van der Waals surface area contributed by atoms with Gasteiger partial charge < -0.3 is 8.98 Å². The fraction of sp³-hybridized carbons (Fsp3) is 0.214. The molecule has 0 atom stereocenters. The van der Waals surface area contributed by atoms with Gasteiger partial charge in [-0.05, 0) is 25.1 Å². The molecule has 0 spiro atoms. The number of rotatable bonds is 5. The van der Waals surface area contributed by atoms with Gasteiger partial charge in [0.25, 0.3) is 0 Å². The largest absolute Gasteiger partial charge is 0.420 e. The van der Waals surface area contributed by atoms with E-state index in [1.54, 1.807) is 36.2 Å². The molecular formula is C14H12Cl2N4OS. The van der Waals surface area contributed by atoms with Gasteiger partial charge in [-0.15, -0.1) is 10.2 Å². The first-order chi connectivity index (χ1) is 10.7. The van der Waals surface area contributed by atoms with Crippen molar-refractivity contribution < 1.29 is 4.42 Å². The second-order valence-corrected chi connectivity index (χ2v) is 6.20. The molecule has 0 radical (unpaired) electrons. The van der Waals surface area contributed by atoms with Crippen LogP contribution in [0.2, 0.25) is 10.0 Å². The second-order valence-electron chi connectivity index (χ2n) is 4.41. The van der Waals surface area contributed by atoms with Crippen LogP contribution in [0.4, 0.5) is 0 Å². The lowest BCUT2D eigenvalue weighted by Gasteiger charge is -2.01. The molecule has 114 valence electrons. The zero-order chi connectivity index (χ0) is 15.5. The summed E-state index contributed by atoms with van der Waals surface area (Å²) in [5.41, 5.74) is 0.671. The van der Waals surface area contributed by atoms with E-state index in [0.29, 0.717) is 33.1 Å². The van der Waals surface area contributed by atoms with Crippen molar-refractivity contribution in [3.05, 3.63) is 46.5 Å². The van der Waals surface area contributed by atoms with Gasteiger partial charge in [-0.1, -0.05) is 35.0 Å². The number of imidazole rings is 1. The molecule has 0 aliphatic heterocycles. The highest BCUT2D eigenvalue weighted by Gasteiger charge is 2.13. The summed E-state index contributed by atoms with van der Waals surface area (Å²) in [6, 6.07) is 5.15. The number of nitrogens with zero attached hydrogens (tertiary/aromatic N) is 4. The predicted molar refractivity (Wildman–Crippen MR) is 87.2 cm³/mol. The van der Waals surface area contributed by atoms with E-state index in [0.717, 1.165) is 11.7 Å². The summed E-state index contributed by atoms with van der Waals surface area (Å²) in [6.07, 6.45) is 3.72. The topological polar surface area (TPSA) is 56.7 Å². The van der Waals surface area contributed by atoms with Crippen LogP contribution < -0.4 is 0 Å². The Hall–Kier alpha value is -1.50. The molecule has 0 bridgehead atoms. The standard InChI is InChI=1S/C14H12Cl2N4OS/c1-2-20-6-5-17-14(20)22-8-12-18-19-13(21-12)10-4-3-9(15)7-11(10)16/h3-7H,2,8H2,1H3. The number of halogens is 2. The van der Waals surface area contributed by atoms with Crippen molar-refractivity contribution in [3.63, 3.8) is 0 Å². The number of thioether (sulfide) groups is 1. The van der Waals surface area contributed by atoms with Crippen LogP contribution in [0.1, 0.15) is 12.8 Å². The van der Waals surface area contributed by atoms with Gasteiger partial charge in [-0.3, -0.25) is 0 Å². The third-order valence-corrected chi connectivity index (χ3v) is 4.51. The Morgan fingerprint density at radius 2 is 2.14 bits per heavy atom. The molecule has 0 saturated heterocycles. The summed E-state index contributed by atoms with van der Waals surface area (Å²) in [6.45, 7) is 2.94. The summed E-state index contributed by atoms with van der Waals surface area (Å²) in [4.78, 5) is 4.29. The zero-order valence-electron chi connectivity index (χ0n) is 11.7. The maximum atomic E-state index is 6.14. The molecule has 5 nitrogen and oxygen atoms in total. The summed E-state index contributed by atoms with van der Waals surface area (Å²) in [7, 11) is 0. The summed E-state index contributed by atoms with van der Waals surface area (Å²) in [5, 5.41) is 10.1. The Kier molecular flexibility index (Phi) is 4.71. The van der Waals surface area contributed by atoms with Crippen LogP contribution in [-0.2, 0) is 12.3 Å². The molecule has 2 heterocycles. The van der Waals surface area contributed by atoms with E-state index in [1.165, 1.54) is 0 Å². The lowest BCUT2D eigenvalue weighted by molar-refractivity contribution is 0.528. The minimum absolute atomic E-state index is 0.385. The van der Waals surface area contributed by atoms with Crippen LogP contribution >= 0.6 is 35.0 Å². The van der Waals surface area contributed by atoms with Gasteiger partial charge in [0, 0.05) is 24.0 Å². The molecular weight excluding hydrogens is 343 g/mol. The van der Waals surface area contributed by atoms with E-state index in [2.05, 4.69) is 26.7 Å². The molecule has 0 saturated carbocycles. The van der Waals surface area contributed by atoms with Crippen molar-refractivity contribution in [2.75, 3.05) is 0 Å². The minimum atomic E-state index is 0.385. The van der Waals surface area contributed by atoms with Crippen LogP contribution in [-0.4, -0.2) is 19.7 Å². The number of hydrogen-bond acceptors (Lipinski definition) is 5.